The van der Waals surface area contributed by atoms with Crippen molar-refractivity contribution < 1.29 is 4.74 Å². The second-order valence-electron chi connectivity index (χ2n) is 4.55. The summed E-state index contributed by atoms with van der Waals surface area (Å²) < 4.78 is 5.31. The standard InChI is InChI=1S/C17H16O.C2H6/c1-18-15-9-4-8-14(12-15)17-11-5-7-13-6-2-3-10-16(13)17;1-2/h2-4,6,8-12H,5,7H2,1H3;1-2H3. The number of benzene rings is 2. The molecule has 0 unspecified atom stereocenters. The van der Waals surface area contributed by atoms with E-state index in [9.17, 15) is 0 Å². The number of hydrogen-bond acceptors (Lipinski definition) is 1. The molecule has 0 aromatic heterocycles. The van der Waals surface area contributed by atoms with E-state index in [1.807, 2.05) is 26.0 Å². The zero-order chi connectivity index (χ0) is 14.4. The van der Waals surface area contributed by atoms with Crippen LogP contribution in [-0.2, 0) is 6.42 Å². The first-order valence-corrected chi connectivity index (χ1v) is 7.31. The lowest BCUT2D eigenvalue weighted by molar-refractivity contribution is 0.414. The van der Waals surface area contributed by atoms with Crippen molar-refractivity contribution in [3.8, 4) is 5.75 Å². The van der Waals surface area contributed by atoms with Crippen LogP contribution in [0.3, 0.4) is 0 Å². The van der Waals surface area contributed by atoms with E-state index in [2.05, 4.69) is 42.5 Å². The maximum Gasteiger partial charge on any atom is 0.119 e. The van der Waals surface area contributed by atoms with E-state index in [0.717, 1.165) is 18.6 Å². The van der Waals surface area contributed by atoms with Gasteiger partial charge in [-0.2, -0.15) is 0 Å². The molecule has 0 aliphatic heterocycles. The van der Waals surface area contributed by atoms with Crippen LogP contribution in [0.25, 0.3) is 5.57 Å². The van der Waals surface area contributed by atoms with Crippen molar-refractivity contribution in [3.63, 3.8) is 0 Å². The maximum atomic E-state index is 5.31. The van der Waals surface area contributed by atoms with Gasteiger partial charge in [-0.1, -0.05) is 56.3 Å². The number of ether oxygens (including phenoxy) is 1. The molecule has 0 N–H and O–H groups in total. The van der Waals surface area contributed by atoms with E-state index in [1.54, 1.807) is 7.11 Å². The zero-order valence-electron chi connectivity index (χ0n) is 12.5. The Morgan fingerprint density at radius 2 is 1.75 bits per heavy atom. The van der Waals surface area contributed by atoms with E-state index in [0.29, 0.717) is 0 Å². The van der Waals surface area contributed by atoms with Crippen LogP contribution in [0, 0.1) is 0 Å². The maximum absolute atomic E-state index is 5.31. The zero-order valence-corrected chi connectivity index (χ0v) is 12.5. The second kappa shape index (κ2) is 6.95. The van der Waals surface area contributed by atoms with E-state index in [-0.39, 0.29) is 0 Å². The van der Waals surface area contributed by atoms with Crippen LogP contribution < -0.4 is 4.74 Å². The number of fused-ring (bicyclic) bond motifs is 1. The van der Waals surface area contributed by atoms with E-state index < -0.39 is 0 Å². The highest BCUT2D eigenvalue weighted by molar-refractivity contribution is 5.82. The highest BCUT2D eigenvalue weighted by Gasteiger charge is 2.13. The minimum Gasteiger partial charge on any atom is -0.497 e. The van der Waals surface area contributed by atoms with Gasteiger partial charge in [0.2, 0.25) is 0 Å². The van der Waals surface area contributed by atoms with Crippen LogP contribution in [0.2, 0.25) is 0 Å². The molecule has 0 spiro atoms. The summed E-state index contributed by atoms with van der Waals surface area (Å²) in [5, 5.41) is 0. The molecule has 0 saturated heterocycles. The third-order valence-corrected chi connectivity index (χ3v) is 3.45. The summed E-state index contributed by atoms with van der Waals surface area (Å²) in [5.41, 5.74) is 5.37. The molecule has 0 fully saturated rings. The molecule has 1 aliphatic carbocycles. The van der Waals surface area contributed by atoms with Crippen LogP contribution >= 0.6 is 0 Å². The third-order valence-electron chi connectivity index (χ3n) is 3.45. The molecule has 2 aromatic carbocycles. The molecule has 1 aliphatic rings. The summed E-state index contributed by atoms with van der Waals surface area (Å²) in [6, 6.07) is 16.9. The van der Waals surface area contributed by atoms with Crippen molar-refractivity contribution >= 4 is 5.57 Å². The van der Waals surface area contributed by atoms with Gasteiger partial charge in [0.25, 0.3) is 0 Å². The number of aryl methyl sites for hydroxylation is 1. The van der Waals surface area contributed by atoms with Crippen LogP contribution in [-0.4, -0.2) is 7.11 Å². The molecule has 104 valence electrons. The van der Waals surface area contributed by atoms with Gasteiger partial charge in [0.05, 0.1) is 7.11 Å². The molecule has 3 rings (SSSR count). The predicted octanol–water partition coefficient (Wildman–Crippen LogP) is 5.10. The van der Waals surface area contributed by atoms with Crippen LogP contribution in [0.1, 0.15) is 37.0 Å². The monoisotopic (exact) mass is 266 g/mol. The van der Waals surface area contributed by atoms with Gasteiger partial charge in [-0.15, -0.1) is 0 Å². The van der Waals surface area contributed by atoms with Gasteiger partial charge in [-0.05, 0) is 47.2 Å². The molecule has 0 amide bonds. The van der Waals surface area contributed by atoms with E-state index >= 15 is 0 Å². The quantitative estimate of drug-likeness (QED) is 0.735. The minimum atomic E-state index is 0.913. The Morgan fingerprint density at radius 1 is 0.950 bits per heavy atom. The van der Waals surface area contributed by atoms with E-state index in [1.165, 1.54) is 22.3 Å². The molecule has 0 radical (unpaired) electrons. The molecule has 0 bridgehead atoms. The lowest BCUT2D eigenvalue weighted by Crippen LogP contribution is -2.00. The number of allylic oxidation sites excluding steroid dienone is 1. The first kappa shape index (κ1) is 14.4. The molecule has 2 aromatic rings. The summed E-state index contributed by atoms with van der Waals surface area (Å²) >= 11 is 0. The Bertz CT molecular complexity index is 596. The SMILES string of the molecule is CC.COc1cccc(C2=CCCc3ccccc32)c1. The van der Waals surface area contributed by atoms with Crippen molar-refractivity contribution in [2.75, 3.05) is 7.11 Å². The van der Waals surface area contributed by atoms with Crippen LogP contribution in [0.5, 0.6) is 5.75 Å². The molecular formula is C19H22O. The summed E-state index contributed by atoms with van der Waals surface area (Å²) in [5.74, 6) is 0.913. The Hall–Kier alpha value is -2.02. The molecule has 1 nitrogen and oxygen atoms in total. The number of rotatable bonds is 2. The Morgan fingerprint density at radius 3 is 2.55 bits per heavy atom. The van der Waals surface area contributed by atoms with Gasteiger partial charge in [0.15, 0.2) is 0 Å². The van der Waals surface area contributed by atoms with Crippen molar-refractivity contribution in [2.45, 2.75) is 26.7 Å². The first-order chi connectivity index (χ1) is 9.88. The summed E-state index contributed by atoms with van der Waals surface area (Å²) in [6.07, 6.45) is 4.59. The second-order valence-corrected chi connectivity index (χ2v) is 4.55. The van der Waals surface area contributed by atoms with E-state index in [4.69, 9.17) is 4.74 Å². The average molecular weight is 266 g/mol. The largest absolute Gasteiger partial charge is 0.497 e. The Labute approximate surface area is 121 Å². The molecule has 0 saturated carbocycles. The van der Waals surface area contributed by atoms with Gasteiger partial charge in [-0.3, -0.25) is 0 Å². The molecule has 0 heterocycles. The summed E-state index contributed by atoms with van der Waals surface area (Å²) in [7, 11) is 1.71. The number of methoxy groups -OCH3 is 1. The van der Waals surface area contributed by atoms with Crippen molar-refractivity contribution in [2.24, 2.45) is 0 Å². The Kier molecular flexibility index (Phi) is 5.00. The highest BCUT2D eigenvalue weighted by atomic mass is 16.5. The van der Waals surface area contributed by atoms with Gasteiger partial charge < -0.3 is 4.74 Å². The van der Waals surface area contributed by atoms with Gasteiger partial charge in [0, 0.05) is 0 Å². The fourth-order valence-electron chi connectivity index (χ4n) is 2.55. The molecule has 0 atom stereocenters. The normalized spacial score (nSPS) is 12.7. The van der Waals surface area contributed by atoms with Crippen molar-refractivity contribution in [3.05, 3.63) is 71.3 Å². The lowest BCUT2D eigenvalue weighted by atomic mass is 9.87. The third kappa shape index (κ3) is 2.93. The number of hydrogen-bond donors (Lipinski definition) is 0. The molecular weight excluding hydrogens is 244 g/mol. The summed E-state index contributed by atoms with van der Waals surface area (Å²) in [6.45, 7) is 4.00. The molecule has 1 heteroatoms. The summed E-state index contributed by atoms with van der Waals surface area (Å²) in [4.78, 5) is 0. The Balaban J connectivity index is 0.000000704. The minimum absolute atomic E-state index is 0.913. The van der Waals surface area contributed by atoms with Gasteiger partial charge >= 0.3 is 0 Å². The highest BCUT2D eigenvalue weighted by Crippen LogP contribution is 2.32. The van der Waals surface area contributed by atoms with Gasteiger partial charge in [0.1, 0.15) is 5.75 Å². The topological polar surface area (TPSA) is 9.23 Å². The van der Waals surface area contributed by atoms with Crippen molar-refractivity contribution in [1.29, 1.82) is 0 Å². The fraction of sp³-hybridized carbons (Fsp3) is 0.263. The predicted molar refractivity (Wildman–Crippen MR) is 86.2 cm³/mol. The van der Waals surface area contributed by atoms with Crippen molar-refractivity contribution in [1.82, 2.24) is 0 Å². The first-order valence-electron chi connectivity index (χ1n) is 7.31. The lowest BCUT2D eigenvalue weighted by Gasteiger charge is -2.18. The van der Waals surface area contributed by atoms with Crippen LogP contribution in [0.4, 0.5) is 0 Å². The fourth-order valence-corrected chi connectivity index (χ4v) is 2.55. The van der Waals surface area contributed by atoms with Gasteiger partial charge in [-0.25, -0.2) is 0 Å². The smallest absolute Gasteiger partial charge is 0.119 e. The average Bonchev–Trinajstić information content (AvgIpc) is 2.56. The molecule has 20 heavy (non-hydrogen) atoms. The van der Waals surface area contributed by atoms with Crippen LogP contribution in [0.15, 0.2) is 54.6 Å².